The van der Waals surface area contributed by atoms with Crippen LogP contribution in [-0.4, -0.2) is 43.7 Å². The number of hydrogen-bond acceptors (Lipinski definition) is 2. The molecule has 76 valence electrons. The van der Waals surface area contributed by atoms with E-state index in [1.807, 2.05) is 11.9 Å². The van der Waals surface area contributed by atoms with Gasteiger partial charge in [-0.1, -0.05) is 6.92 Å². The number of hydrogen-bond donors (Lipinski definition) is 2. The lowest BCUT2D eigenvalue weighted by molar-refractivity contribution is 0.208. The molecule has 1 fully saturated rings. The molecule has 0 aromatic heterocycles. The lowest BCUT2D eigenvalue weighted by Gasteiger charge is -2.16. The molecular weight excluding hydrogens is 166 g/mol. The van der Waals surface area contributed by atoms with Crippen LogP contribution in [-0.2, 0) is 0 Å². The Morgan fingerprint density at radius 3 is 2.92 bits per heavy atom. The molecule has 0 aromatic rings. The molecule has 0 bridgehead atoms. The summed E-state index contributed by atoms with van der Waals surface area (Å²) >= 11 is 0. The van der Waals surface area contributed by atoms with Gasteiger partial charge < -0.3 is 15.5 Å². The summed E-state index contributed by atoms with van der Waals surface area (Å²) in [5, 5.41) is 6.06. The molecule has 1 unspecified atom stereocenters. The number of likely N-dealkylation sites (N-methyl/N-ethyl adjacent to an activating group) is 1. The standard InChI is InChI=1S/C9H19N3O/c1-3-5-11-9(13)12-6-4-8(7-12)10-2/h8,10H,3-7H2,1-2H3,(H,11,13). The Kier molecular flexibility index (Phi) is 4.02. The van der Waals surface area contributed by atoms with Crippen LogP contribution >= 0.6 is 0 Å². The number of nitrogens with one attached hydrogen (secondary N) is 2. The summed E-state index contributed by atoms with van der Waals surface area (Å²) < 4.78 is 0. The zero-order chi connectivity index (χ0) is 9.68. The first-order valence-corrected chi connectivity index (χ1v) is 4.98. The van der Waals surface area contributed by atoms with E-state index >= 15 is 0 Å². The van der Waals surface area contributed by atoms with Crippen molar-refractivity contribution in [3.8, 4) is 0 Å². The Balaban J connectivity index is 2.25. The normalized spacial score (nSPS) is 22.0. The number of carbonyl (C=O) groups is 1. The Labute approximate surface area is 79.7 Å². The molecule has 0 radical (unpaired) electrons. The maximum atomic E-state index is 11.5. The molecule has 2 N–H and O–H groups in total. The summed E-state index contributed by atoms with van der Waals surface area (Å²) in [7, 11) is 1.94. The molecule has 1 heterocycles. The molecule has 1 aliphatic rings. The van der Waals surface area contributed by atoms with Gasteiger partial charge in [0.2, 0.25) is 0 Å². The molecule has 0 aliphatic carbocycles. The fourth-order valence-electron chi connectivity index (χ4n) is 1.52. The van der Waals surface area contributed by atoms with Crippen molar-refractivity contribution < 1.29 is 4.79 Å². The third-order valence-electron chi connectivity index (χ3n) is 2.41. The molecule has 0 spiro atoms. The van der Waals surface area contributed by atoms with Gasteiger partial charge in [0, 0.05) is 25.7 Å². The third kappa shape index (κ3) is 2.88. The Morgan fingerprint density at radius 1 is 1.62 bits per heavy atom. The number of urea groups is 1. The molecule has 2 amide bonds. The van der Waals surface area contributed by atoms with E-state index in [0.717, 1.165) is 32.5 Å². The van der Waals surface area contributed by atoms with Crippen molar-refractivity contribution >= 4 is 6.03 Å². The molecule has 1 aliphatic heterocycles. The highest BCUT2D eigenvalue weighted by molar-refractivity contribution is 5.74. The van der Waals surface area contributed by atoms with Gasteiger partial charge in [0.05, 0.1) is 0 Å². The van der Waals surface area contributed by atoms with Crippen LogP contribution < -0.4 is 10.6 Å². The highest BCUT2D eigenvalue weighted by Crippen LogP contribution is 2.08. The molecule has 0 saturated carbocycles. The van der Waals surface area contributed by atoms with E-state index in [4.69, 9.17) is 0 Å². The molecule has 1 rings (SSSR count). The molecule has 4 heteroatoms. The summed E-state index contributed by atoms with van der Waals surface area (Å²) in [4.78, 5) is 13.3. The minimum atomic E-state index is 0.0830. The Hall–Kier alpha value is -0.770. The van der Waals surface area contributed by atoms with E-state index in [1.54, 1.807) is 0 Å². The van der Waals surface area contributed by atoms with Crippen molar-refractivity contribution in [2.75, 3.05) is 26.7 Å². The third-order valence-corrected chi connectivity index (χ3v) is 2.41. The lowest BCUT2D eigenvalue weighted by atomic mass is 10.3. The van der Waals surface area contributed by atoms with Crippen LogP contribution in [0.2, 0.25) is 0 Å². The lowest BCUT2D eigenvalue weighted by Crippen LogP contribution is -2.40. The quantitative estimate of drug-likeness (QED) is 0.668. The maximum Gasteiger partial charge on any atom is 0.317 e. The second-order valence-corrected chi connectivity index (χ2v) is 3.45. The largest absolute Gasteiger partial charge is 0.338 e. The van der Waals surface area contributed by atoms with Crippen molar-refractivity contribution in [1.29, 1.82) is 0 Å². The van der Waals surface area contributed by atoms with Crippen molar-refractivity contribution in [2.24, 2.45) is 0 Å². The predicted molar refractivity (Wildman–Crippen MR) is 52.7 cm³/mol. The fourth-order valence-corrected chi connectivity index (χ4v) is 1.52. The molecule has 1 saturated heterocycles. The highest BCUT2D eigenvalue weighted by atomic mass is 16.2. The first kappa shape index (κ1) is 10.3. The maximum absolute atomic E-state index is 11.5. The summed E-state index contributed by atoms with van der Waals surface area (Å²) in [6.07, 6.45) is 2.06. The van der Waals surface area contributed by atoms with E-state index < -0.39 is 0 Å². The first-order valence-electron chi connectivity index (χ1n) is 4.98. The van der Waals surface area contributed by atoms with Gasteiger partial charge in [0.1, 0.15) is 0 Å². The van der Waals surface area contributed by atoms with Crippen LogP contribution in [0.1, 0.15) is 19.8 Å². The predicted octanol–water partition coefficient (Wildman–Crippen LogP) is 0.400. The first-order chi connectivity index (χ1) is 6.27. The second kappa shape index (κ2) is 5.07. The minimum absolute atomic E-state index is 0.0830. The summed E-state index contributed by atoms with van der Waals surface area (Å²) in [5.74, 6) is 0. The average Bonchev–Trinajstić information content (AvgIpc) is 2.62. The van der Waals surface area contributed by atoms with Gasteiger partial charge in [-0.3, -0.25) is 0 Å². The van der Waals surface area contributed by atoms with Crippen molar-refractivity contribution in [3.63, 3.8) is 0 Å². The van der Waals surface area contributed by atoms with E-state index in [2.05, 4.69) is 17.6 Å². The van der Waals surface area contributed by atoms with Gasteiger partial charge >= 0.3 is 6.03 Å². The van der Waals surface area contributed by atoms with E-state index in [0.29, 0.717) is 6.04 Å². The summed E-state index contributed by atoms with van der Waals surface area (Å²) in [6.45, 7) is 4.55. The minimum Gasteiger partial charge on any atom is -0.338 e. The number of likely N-dealkylation sites (tertiary alicyclic amines) is 1. The van der Waals surface area contributed by atoms with E-state index in [1.165, 1.54) is 0 Å². The van der Waals surface area contributed by atoms with Gasteiger partial charge in [-0.05, 0) is 19.9 Å². The molecule has 4 nitrogen and oxygen atoms in total. The second-order valence-electron chi connectivity index (χ2n) is 3.45. The number of amides is 2. The Bertz CT molecular complexity index is 172. The van der Waals surface area contributed by atoms with E-state index in [-0.39, 0.29) is 6.03 Å². The van der Waals surface area contributed by atoms with E-state index in [9.17, 15) is 4.79 Å². The highest BCUT2D eigenvalue weighted by Gasteiger charge is 2.24. The monoisotopic (exact) mass is 185 g/mol. The average molecular weight is 185 g/mol. The molecular formula is C9H19N3O. The van der Waals surface area contributed by atoms with Gasteiger partial charge in [-0.25, -0.2) is 4.79 Å². The van der Waals surface area contributed by atoms with Crippen LogP contribution in [0.15, 0.2) is 0 Å². The topological polar surface area (TPSA) is 44.4 Å². The molecule has 1 atom stereocenters. The molecule has 0 aromatic carbocycles. The van der Waals surface area contributed by atoms with Gasteiger partial charge in [-0.2, -0.15) is 0 Å². The SMILES string of the molecule is CCCNC(=O)N1CCC(NC)C1. The number of nitrogens with zero attached hydrogens (tertiary/aromatic N) is 1. The van der Waals surface area contributed by atoms with Crippen LogP contribution in [0.25, 0.3) is 0 Å². The Morgan fingerprint density at radius 2 is 2.38 bits per heavy atom. The van der Waals surface area contributed by atoms with Crippen LogP contribution in [0.3, 0.4) is 0 Å². The summed E-state index contributed by atoms with van der Waals surface area (Å²) in [6, 6.07) is 0.562. The van der Waals surface area contributed by atoms with Gasteiger partial charge in [-0.15, -0.1) is 0 Å². The fraction of sp³-hybridized carbons (Fsp3) is 0.889. The zero-order valence-electron chi connectivity index (χ0n) is 8.47. The smallest absolute Gasteiger partial charge is 0.317 e. The van der Waals surface area contributed by atoms with Crippen molar-refractivity contribution in [1.82, 2.24) is 15.5 Å². The van der Waals surface area contributed by atoms with Crippen LogP contribution in [0, 0.1) is 0 Å². The summed E-state index contributed by atoms with van der Waals surface area (Å²) in [5.41, 5.74) is 0. The van der Waals surface area contributed by atoms with Crippen molar-refractivity contribution in [2.45, 2.75) is 25.8 Å². The van der Waals surface area contributed by atoms with Gasteiger partial charge in [0.25, 0.3) is 0 Å². The van der Waals surface area contributed by atoms with Crippen molar-refractivity contribution in [3.05, 3.63) is 0 Å². The number of carbonyl (C=O) groups excluding carboxylic acids is 1. The van der Waals surface area contributed by atoms with Gasteiger partial charge in [0.15, 0.2) is 0 Å². The van der Waals surface area contributed by atoms with Crippen LogP contribution in [0.5, 0.6) is 0 Å². The zero-order valence-corrected chi connectivity index (χ0v) is 8.47. The molecule has 13 heavy (non-hydrogen) atoms. The van der Waals surface area contributed by atoms with Crippen LogP contribution in [0.4, 0.5) is 4.79 Å². The number of rotatable bonds is 3.